The van der Waals surface area contributed by atoms with Crippen molar-refractivity contribution >= 4 is 22.0 Å². The summed E-state index contributed by atoms with van der Waals surface area (Å²) in [6.07, 6.45) is 4.18. The van der Waals surface area contributed by atoms with Crippen molar-refractivity contribution in [3.8, 4) is 5.75 Å². The van der Waals surface area contributed by atoms with E-state index in [4.69, 9.17) is 4.74 Å². The molecule has 1 spiro atoms. The van der Waals surface area contributed by atoms with Crippen molar-refractivity contribution in [2.24, 2.45) is 0 Å². The monoisotopic (exact) mass is 298 g/mol. The van der Waals surface area contributed by atoms with Crippen LogP contribution in [0.5, 0.6) is 5.75 Å². The van der Waals surface area contributed by atoms with Crippen LogP contribution in [0.1, 0.15) is 18.4 Å². The first-order valence-electron chi connectivity index (χ1n) is 5.38. The lowest BCUT2D eigenvalue weighted by atomic mass is 10.2. The number of carboxylic acid groups (broad SMARTS) is 1. The van der Waals surface area contributed by atoms with Crippen molar-refractivity contribution in [3.05, 3.63) is 22.4 Å². The summed E-state index contributed by atoms with van der Waals surface area (Å²) in [5, 5.41) is 9.27. The Bertz CT molecular complexity index is 488. The summed E-state index contributed by atoms with van der Waals surface area (Å²) >= 11 is 3.38. The molecule has 1 amide bonds. The predicted octanol–water partition coefficient (Wildman–Crippen LogP) is 2.25. The quantitative estimate of drug-likeness (QED) is 0.798. The highest BCUT2D eigenvalue weighted by Crippen LogP contribution is 2.46. The maximum atomic E-state index is 11.3. The Kier molecular flexibility index (Phi) is 2.29. The number of carbonyl (C=O) groups is 1. The van der Waals surface area contributed by atoms with Crippen LogP contribution in [0.3, 0.4) is 0 Å². The zero-order chi connectivity index (χ0) is 12.0. The molecule has 0 unspecified atom stereocenters. The molecule has 0 atom stereocenters. The second-order valence-electron chi connectivity index (χ2n) is 4.49. The molecule has 5 nitrogen and oxygen atoms in total. The predicted molar refractivity (Wildman–Crippen MR) is 63.0 cm³/mol. The Labute approximate surface area is 107 Å². The van der Waals surface area contributed by atoms with Crippen LogP contribution in [-0.4, -0.2) is 33.2 Å². The minimum absolute atomic E-state index is 0.315. The summed E-state index contributed by atoms with van der Waals surface area (Å²) in [6.45, 7) is 0.770. The summed E-state index contributed by atoms with van der Waals surface area (Å²) in [6, 6.07) is 0. The van der Waals surface area contributed by atoms with Gasteiger partial charge in [0.05, 0.1) is 16.6 Å². The lowest BCUT2D eigenvalue weighted by molar-refractivity contribution is 0.0978. The highest BCUT2D eigenvalue weighted by atomic mass is 79.9. The molecule has 1 fully saturated rings. The topological polar surface area (TPSA) is 62.7 Å². The molecule has 0 bridgehead atoms. The average Bonchev–Trinajstić information content (AvgIpc) is 3.07. The van der Waals surface area contributed by atoms with E-state index in [1.807, 2.05) is 0 Å². The van der Waals surface area contributed by atoms with Crippen LogP contribution in [0.2, 0.25) is 0 Å². The zero-order valence-electron chi connectivity index (χ0n) is 9.02. The summed E-state index contributed by atoms with van der Waals surface area (Å²) in [5.41, 5.74) is 0.496. The standard InChI is InChI=1S/C11H11BrN2O3/c12-8-4-13-3-7-5-14(10(15)16)11(1-2-11)6-17-9(7)8/h3-4H,1-2,5-6H2,(H,15,16). The molecule has 3 rings (SSSR count). The van der Waals surface area contributed by atoms with Gasteiger partial charge in [-0.1, -0.05) is 0 Å². The summed E-state index contributed by atoms with van der Waals surface area (Å²) in [4.78, 5) is 16.8. The van der Waals surface area contributed by atoms with Gasteiger partial charge >= 0.3 is 6.09 Å². The molecule has 1 N–H and O–H groups in total. The molecular formula is C11H11BrN2O3. The second-order valence-corrected chi connectivity index (χ2v) is 5.35. The third-order valence-corrected chi connectivity index (χ3v) is 3.94. The molecule has 1 saturated carbocycles. The van der Waals surface area contributed by atoms with Crippen LogP contribution in [0.4, 0.5) is 4.79 Å². The van der Waals surface area contributed by atoms with Gasteiger partial charge in [-0.2, -0.15) is 0 Å². The van der Waals surface area contributed by atoms with E-state index in [0.29, 0.717) is 13.2 Å². The molecule has 2 aliphatic rings. The molecule has 0 saturated heterocycles. The molecule has 1 aliphatic heterocycles. The summed E-state index contributed by atoms with van der Waals surface area (Å²) in [5.74, 6) is 0.718. The van der Waals surface area contributed by atoms with Gasteiger partial charge < -0.3 is 9.84 Å². The van der Waals surface area contributed by atoms with Crippen molar-refractivity contribution in [1.29, 1.82) is 0 Å². The SMILES string of the molecule is O=C(O)N1Cc2cncc(Br)c2OCC12CC2. The second kappa shape index (κ2) is 3.60. The van der Waals surface area contributed by atoms with Gasteiger partial charge in [0.25, 0.3) is 0 Å². The van der Waals surface area contributed by atoms with Crippen molar-refractivity contribution in [2.45, 2.75) is 24.9 Å². The van der Waals surface area contributed by atoms with Crippen LogP contribution in [0.25, 0.3) is 0 Å². The van der Waals surface area contributed by atoms with Gasteiger partial charge in [0.2, 0.25) is 0 Å². The maximum absolute atomic E-state index is 11.3. The lowest BCUT2D eigenvalue weighted by Crippen LogP contribution is -2.43. The van der Waals surface area contributed by atoms with E-state index in [1.165, 1.54) is 4.90 Å². The number of nitrogens with zero attached hydrogens (tertiary/aromatic N) is 2. The van der Waals surface area contributed by atoms with Gasteiger partial charge in [-0.25, -0.2) is 4.79 Å². The molecule has 2 heterocycles. The fraction of sp³-hybridized carbons (Fsp3) is 0.455. The molecule has 90 valence electrons. The van der Waals surface area contributed by atoms with E-state index in [-0.39, 0.29) is 5.54 Å². The number of pyridine rings is 1. The first-order valence-corrected chi connectivity index (χ1v) is 6.17. The van der Waals surface area contributed by atoms with Crippen LogP contribution < -0.4 is 4.74 Å². The Morgan fingerprint density at radius 1 is 1.53 bits per heavy atom. The Hall–Kier alpha value is -1.30. The van der Waals surface area contributed by atoms with E-state index < -0.39 is 6.09 Å². The molecule has 1 aliphatic carbocycles. The Morgan fingerprint density at radius 2 is 2.29 bits per heavy atom. The Balaban J connectivity index is 2.02. The number of hydrogen-bond donors (Lipinski definition) is 1. The van der Waals surface area contributed by atoms with Crippen LogP contribution in [0, 0.1) is 0 Å². The smallest absolute Gasteiger partial charge is 0.408 e. The van der Waals surface area contributed by atoms with Crippen LogP contribution in [0.15, 0.2) is 16.9 Å². The van der Waals surface area contributed by atoms with Crippen molar-refractivity contribution in [1.82, 2.24) is 9.88 Å². The number of hydrogen-bond acceptors (Lipinski definition) is 3. The van der Waals surface area contributed by atoms with E-state index in [0.717, 1.165) is 28.6 Å². The maximum Gasteiger partial charge on any atom is 0.408 e. The average molecular weight is 299 g/mol. The van der Waals surface area contributed by atoms with E-state index >= 15 is 0 Å². The van der Waals surface area contributed by atoms with Crippen LogP contribution in [-0.2, 0) is 6.54 Å². The molecule has 0 radical (unpaired) electrons. The van der Waals surface area contributed by atoms with Gasteiger partial charge in [-0.3, -0.25) is 9.88 Å². The van der Waals surface area contributed by atoms with Gasteiger partial charge in [0.1, 0.15) is 12.4 Å². The molecule has 1 aromatic rings. The minimum atomic E-state index is -0.890. The summed E-state index contributed by atoms with van der Waals surface area (Å²) in [7, 11) is 0. The van der Waals surface area contributed by atoms with Crippen LogP contribution >= 0.6 is 15.9 Å². The first-order chi connectivity index (χ1) is 8.12. The van der Waals surface area contributed by atoms with Gasteiger partial charge in [-0.15, -0.1) is 0 Å². The zero-order valence-corrected chi connectivity index (χ0v) is 10.6. The Morgan fingerprint density at radius 3 is 2.94 bits per heavy atom. The van der Waals surface area contributed by atoms with Gasteiger partial charge in [0.15, 0.2) is 0 Å². The molecule has 17 heavy (non-hydrogen) atoms. The number of ether oxygens (including phenoxy) is 1. The molecule has 0 aromatic carbocycles. The van der Waals surface area contributed by atoms with Crippen molar-refractivity contribution in [2.75, 3.05) is 6.61 Å². The van der Waals surface area contributed by atoms with Crippen molar-refractivity contribution in [3.63, 3.8) is 0 Å². The number of rotatable bonds is 0. The van der Waals surface area contributed by atoms with Gasteiger partial charge in [0, 0.05) is 18.0 Å². The molecular weight excluding hydrogens is 288 g/mol. The number of fused-ring (bicyclic) bond motifs is 1. The highest BCUT2D eigenvalue weighted by molar-refractivity contribution is 9.10. The lowest BCUT2D eigenvalue weighted by Gasteiger charge is -2.25. The number of halogens is 1. The van der Waals surface area contributed by atoms with Crippen molar-refractivity contribution < 1.29 is 14.6 Å². The van der Waals surface area contributed by atoms with E-state index in [9.17, 15) is 9.90 Å². The number of aromatic nitrogens is 1. The third-order valence-electron chi connectivity index (χ3n) is 3.37. The fourth-order valence-corrected chi connectivity index (χ4v) is 2.68. The first kappa shape index (κ1) is 10.8. The minimum Gasteiger partial charge on any atom is -0.489 e. The number of amides is 1. The van der Waals surface area contributed by atoms with Gasteiger partial charge in [-0.05, 0) is 28.8 Å². The third kappa shape index (κ3) is 1.67. The molecule has 1 aromatic heterocycles. The highest BCUT2D eigenvalue weighted by Gasteiger charge is 2.52. The fourth-order valence-electron chi connectivity index (χ4n) is 2.19. The summed E-state index contributed by atoms with van der Waals surface area (Å²) < 4.78 is 6.52. The van der Waals surface area contributed by atoms with E-state index in [1.54, 1.807) is 12.4 Å². The largest absolute Gasteiger partial charge is 0.489 e. The van der Waals surface area contributed by atoms with E-state index in [2.05, 4.69) is 20.9 Å². The normalized spacial score (nSPS) is 20.4. The molecule has 6 heteroatoms.